The maximum atomic E-state index is 13.3. The number of nitrogens with zero attached hydrogens (tertiary/aromatic N) is 2. The molecule has 1 aliphatic rings. The maximum absolute atomic E-state index is 13.3. The predicted molar refractivity (Wildman–Crippen MR) is 126 cm³/mol. The first-order valence-electron chi connectivity index (χ1n) is 10.9. The van der Waals surface area contributed by atoms with Crippen molar-refractivity contribution in [3.05, 3.63) is 46.6 Å². The van der Waals surface area contributed by atoms with Crippen molar-refractivity contribution in [2.75, 3.05) is 6.61 Å². The second kappa shape index (κ2) is 9.84. The number of carbonyl (C=O) groups is 3. The molecule has 0 saturated carbocycles. The standard InChI is InChI=1S/C24H33ClN2O7/c1-9-32-19(29)24(8)17(18(28)15-10-12-16(25)13-11-15)14-26(20(30)33-22(2,3)4)27(24)21(31)34-23(5,6)7/h10-14,18,28H,9H2,1-8H3. The van der Waals surface area contributed by atoms with Gasteiger partial charge in [0.1, 0.15) is 17.3 Å². The Morgan fingerprint density at radius 2 is 1.50 bits per heavy atom. The molecule has 188 valence electrons. The summed E-state index contributed by atoms with van der Waals surface area (Å²) < 4.78 is 16.2. The molecule has 1 N–H and O–H groups in total. The van der Waals surface area contributed by atoms with E-state index in [0.29, 0.717) is 10.6 Å². The van der Waals surface area contributed by atoms with Gasteiger partial charge in [-0.2, -0.15) is 10.0 Å². The quantitative estimate of drug-likeness (QED) is 0.462. The summed E-state index contributed by atoms with van der Waals surface area (Å²) in [6, 6.07) is 6.31. The fourth-order valence-corrected chi connectivity index (χ4v) is 3.44. The molecule has 2 atom stereocenters. The van der Waals surface area contributed by atoms with Gasteiger partial charge in [-0.1, -0.05) is 23.7 Å². The highest BCUT2D eigenvalue weighted by Gasteiger charge is 2.58. The number of rotatable bonds is 4. The molecule has 2 unspecified atom stereocenters. The number of halogens is 1. The molecular formula is C24H33ClN2O7. The molecule has 34 heavy (non-hydrogen) atoms. The molecule has 1 aromatic rings. The van der Waals surface area contributed by atoms with E-state index in [1.807, 2.05) is 0 Å². The van der Waals surface area contributed by atoms with Crippen molar-refractivity contribution in [2.45, 2.75) is 78.2 Å². The van der Waals surface area contributed by atoms with Gasteiger partial charge in [0.05, 0.1) is 6.61 Å². The van der Waals surface area contributed by atoms with Crippen LogP contribution in [0.3, 0.4) is 0 Å². The van der Waals surface area contributed by atoms with Gasteiger partial charge in [-0.3, -0.25) is 0 Å². The molecule has 10 heteroatoms. The molecule has 0 saturated heterocycles. The molecule has 0 bridgehead atoms. The van der Waals surface area contributed by atoms with E-state index < -0.39 is 41.0 Å². The van der Waals surface area contributed by atoms with Gasteiger partial charge < -0.3 is 19.3 Å². The summed E-state index contributed by atoms with van der Waals surface area (Å²) in [7, 11) is 0. The van der Waals surface area contributed by atoms with Crippen LogP contribution >= 0.6 is 11.6 Å². The van der Waals surface area contributed by atoms with Gasteiger partial charge in [-0.25, -0.2) is 14.4 Å². The number of hydrogen-bond donors (Lipinski definition) is 1. The summed E-state index contributed by atoms with van der Waals surface area (Å²) in [5.74, 6) is -0.855. The first kappa shape index (κ1) is 27.5. The number of aliphatic hydroxyl groups excluding tert-OH is 1. The Balaban J connectivity index is 2.69. The van der Waals surface area contributed by atoms with E-state index >= 15 is 0 Å². The van der Waals surface area contributed by atoms with Crippen LogP contribution in [0, 0.1) is 0 Å². The van der Waals surface area contributed by atoms with E-state index in [2.05, 4.69) is 0 Å². The van der Waals surface area contributed by atoms with E-state index in [9.17, 15) is 19.5 Å². The minimum atomic E-state index is -1.92. The largest absolute Gasteiger partial charge is 0.464 e. The molecule has 2 amide bonds. The molecule has 0 radical (unpaired) electrons. The lowest BCUT2D eigenvalue weighted by atomic mass is 9.86. The highest BCUT2D eigenvalue weighted by atomic mass is 35.5. The molecular weight excluding hydrogens is 464 g/mol. The smallest absolute Gasteiger partial charge is 0.433 e. The fraction of sp³-hybridized carbons (Fsp3) is 0.542. The summed E-state index contributed by atoms with van der Waals surface area (Å²) >= 11 is 5.97. The van der Waals surface area contributed by atoms with Gasteiger partial charge in [0.15, 0.2) is 5.54 Å². The van der Waals surface area contributed by atoms with E-state index in [1.165, 1.54) is 13.1 Å². The predicted octanol–water partition coefficient (Wildman–Crippen LogP) is 4.98. The van der Waals surface area contributed by atoms with Crippen molar-refractivity contribution in [1.82, 2.24) is 10.0 Å². The van der Waals surface area contributed by atoms with Gasteiger partial charge in [0.25, 0.3) is 0 Å². The molecule has 1 heterocycles. The van der Waals surface area contributed by atoms with Crippen molar-refractivity contribution in [1.29, 1.82) is 0 Å². The molecule has 1 aliphatic heterocycles. The number of carbonyl (C=O) groups excluding carboxylic acids is 3. The highest BCUT2D eigenvalue weighted by Crippen LogP contribution is 2.43. The summed E-state index contributed by atoms with van der Waals surface area (Å²) in [5.41, 5.74) is -3.35. The van der Waals surface area contributed by atoms with Gasteiger partial charge in [0.2, 0.25) is 0 Å². The van der Waals surface area contributed by atoms with Gasteiger partial charge >= 0.3 is 18.2 Å². The number of ether oxygens (including phenoxy) is 3. The summed E-state index contributed by atoms with van der Waals surface area (Å²) in [6.07, 6.45) is -2.12. The number of aliphatic hydroxyl groups is 1. The molecule has 0 aromatic heterocycles. The van der Waals surface area contributed by atoms with Crippen molar-refractivity contribution in [2.24, 2.45) is 0 Å². The molecule has 0 fully saturated rings. The fourth-order valence-electron chi connectivity index (χ4n) is 3.31. The minimum absolute atomic E-state index is 0.00728. The number of hydrazine groups is 1. The lowest BCUT2D eigenvalue weighted by molar-refractivity contribution is -0.159. The maximum Gasteiger partial charge on any atom is 0.433 e. The third kappa shape index (κ3) is 6.01. The highest BCUT2D eigenvalue weighted by molar-refractivity contribution is 6.30. The lowest BCUT2D eigenvalue weighted by Crippen LogP contribution is -2.61. The van der Waals surface area contributed by atoms with Crippen molar-refractivity contribution >= 4 is 29.8 Å². The van der Waals surface area contributed by atoms with Crippen LogP contribution in [0.25, 0.3) is 0 Å². The van der Waals surface area contributed by atoms with Crippen molar-refractivity contribution in [3.8, 4) is 0 Å². The second-order valence-corrected chi connectivity index (χ2v) is 10.4. The van der Waals surface area contributed by atoms with Crippen LogP contribution in [0.1, 0.15) is 67.1 Å². The molecule has 0 spiro atoms. The molecule has 1 aromatic carbocycles. The topological polar surface area (TPSA) is 106 Å². The average Bonchev–Trinajstić information content (AvgIpc) is 3.00. The van der Waals surface area contributed by atoms with Crippen LogP contribution in [-0.2, 0) is 19.0 Å². The SMILES string of the molecule is CCOC(=O)C1(C)C(C(O)c2ccc(Cl)cc2)=CN(C(=O)OC(C)(C)C)N1C(=O)OC(C)(C)C. The Kier molecular flexibility index (Phi) is 7.94. The molecule has 0 aliphatic carbocycles. The van der Waals surface area contributed by atoms with Gasteiger partial charge in [0, 0.05) is 16.8 Å². The third-order valence-corrected chi connectivity index (χ3v) is 5.01. The zero-order chi connectivity index (χ0) is 26.1. The van der Waals surface area contributed by atoms with Crippen LogP contribution < -0.4 is 0 Å². The van der Waals surface area contributed by atoms with E-state index in [0.717, 1.165) is 10.0 Å². The Bertz CT molecular complexity index is 963. The van der Waals surface area contributed by atoms with Crippen molar-refractivity contribution < 1.29 is 33.7 Å². The third-order valence-electron chi connectivity index (χ3n) is 4.76. The number of hydrogen-bond acceptors (Lipinski definition) is 7. The van der Waals surface area contributed by atoms with Gasteiger partial charge in [-0.05, 0) is 73.1 Å². The second-order valence-electron chi connectivity index (χ2n) is 9.95. The molecule has 2 rings (SSSR count). The van der Waals surface area contributed by atoms with Crippen LogP contribution in [-0.4, -0.2) is 56.6 Å². The normalized spacial score (nSPS) is 19.4. The van der Waals surface area contributed by atoms with Gasteiger partial charge in [-0.15, -0.1) is 0 Å². The number of esters is 1. The summed E-state index contributed by atoms with van der Waals surface area (Å²) in [5, 5.41) is 13.4. The minimum Gasteiger partial charge on any atom is -0.464 e. The first-order chi connectivity index (χ1) is 15.5. The Hall–Kier alpha value is -2.78. The Morgan fingerprint density at radius 3 is 1.97 bits per heavy atom. The van der Waals surface area contributed by atoms with Crippen LogP contribution in [0.2, 0.25) is 5.02 Å². The molecule has 9 nitrogen and oxygen atoms in total. The summed E-state index contributed by atoms with van der Waals surface area (Å²) in [6.45, 7) is 12.9. The monoisotopic (exact) mass is 496 g/mol. The zero-order valence-corrected chi connectivity index (χ0v) is 21.6. The van der Waals surface area contributed by atoms with E-state index in [1.54, 1.807) is 72.7 Å². The van der Waals surface area contributed by atoms with Crippen molar-refractivity contribution in [3.63, 3.8) is 0 Å². The first-order valence-corrected chi connectivity index (χ1v) is 11.3. The van der Waals surface area contributed by atoms with Crippen LogP contribution in [0.4, 0.5) is 9.59 Å². The average molecular weight is 497 g/mol. The van der Waals surface area contributed by atoms with E-state index in [4.69, 9.17) is 25.8 Å². The lowest BCUT2D eigenvalue weighted by Gasteiger charge is -2.39. The zero-order valence-electron chi connectivity index (χ0n) is 20.8. The van der Waals surface area contributed by atoms with Crippen LogP contribution in [0.15, 0.2) is 36.0 Å². The van der Waals surface area contributed by atoms with E-state index in [-0.39, 0.29) is 12.2 Å². The summed E-state index contributed by atoms with van der Waals surface area (Å²) in [4.78, 5) is 39.7. The number of amides is 2. The Labute approximate surface area is 205 Å². The number of benzene rings is 1. The van der Waals surface area contributed by atoms with Crippen LogP contribution in [0.5, 0.6) is 0 Å². The Morgan fingerprint density at radius 1 is 1.00 bits per heavy atom.